The average Bonchev–Trinajstić information content (AvgIpc) is 3.24. The number of esters is 2. The minimum absolute atomic E-state index is 0.0378. The van der Waals surface area contributed by atoms with Gasteiger partial charge in [0.1, 0.15) is 15.6 Å². The first-order valence-corrected chi connectivity index (χ1v) is 12.8. The van der Waals surface area contributed by atoms with Crippen molar-refractivity contribution < 1.29 is 28.6 Å². The van der Waals surface area contributed by atoms with Crippen molar-refractivity contribution in [2.24, 2.45) is 0 Å². The second-order valence-corrected chi connectivity index (χ2v) is 10.7. The number of amides is 1. The molecule has 7 nitrogen and oxygen atoms in total. The molecule has 10 heteroatoms. The van der Waals surface area contributed by atoms with Gasteiger partial charge in [-0.3, -0.25) is 4.79 Å². The van der Waals surface area contributed by atoms with Crippen molar-refractivity contribution in [2.75, 3.05) is 25.7 Å². The highest BCUT2D eigenvalue weighted by Crippen LogP contribution is 2.56. The summed E-state index contributed by atoms with van der Waals surface area (Å²) in [6.45, 7) is 8.14. The molecule has 1 aromatic rings. The van der Waals surface area contributed by atoms with E-state index in [0.29, 0.717) is 45.6 Å². The predicted molar refractivity (Wildman–Crippen MR) is 140 cm³/mol. The molecule has 0 atom stereocenters. The van der Waals surface area contributed by atoms with Crippen LogP contribution in [0.4, 0.5) is 5.69 Å². The van der Waals surface area contributed by atoms with E-state index in [1.807, 2.05) is 45.9 Å². The largest absolute Gasteiger partial charge is 0.494 e. The number of thiocarbonyl (C=S) groups is 1. The summed E-state index contributed by atoms with van der Waals surface area (Å²) in [6.07, 6.45) is 1.08. The summed E-state index contributed by atoms with van der Waals surface area (Å²) in [6, 6.07) is 5.54. The molecule has 2 heterocycles. The number of rotatable bonds is 6. The maximum Gasteiger partial charge on any atom is 0.346 e. The quantitative estimate of drug-likeness (QED) is 0.289. The molecule has 0 spiro atoms. The van der Waals surface area contributed by atoms with Gasteiger partial charge in [-0.1, -0.05) is 42.7 Å². The lowest BCUT2D eigenvalue weighted by atomic mass is 9.83. The number of ether oxygens (including phenoxy) is 3. The van der Waals surface area contributed by atoms with Crippen molar-refractivity contribution in [1.82, 2.24) is 0 Å². The van der Waals surface area contributed by atoms with E-state index in [1.54, 1.807) is 4.90 Å². The van der Waals surface area contributed by atoms with Crippen LogP contribution in [0.15, 0.2) is 32.2 Å². The minimum atomic E-state index is -0.831. The van der Waals surface area contributed by atoms with Crippen LogP contribution in [-0.2, 0) is 23.9 Å². The number of methoxy groups -OCH3 is 2. The fourth-order valence-electron chi connectivity index (χ4n) is 3.82. The Bertz CT molecular complexity index is 1090. The lowest BCUT2D eigenvalue weighted by Gasteiger charge is -2.45. The molecular formula is C24H27NO6S3. The molecule has 0 fully saturated rings. The Labute approximate surface area is 213 Å². The topological polar surface area (TPSA) is 82.1 Å². The van der Waals surface area contributed by atoms with Gasteiger partial charge in [-0.05, 0) is 39.3 Å². The smallest absolute Gasteiger partial charge is 0.346 e. The highest BCUT2D eigenvalue weighted by atomic mass is 32.2. The van der Waals surface area contributed by atoms with Crippen molar-refractivity contribution >= 4 is 69.7 Å². The number of anilines is 1. The van der Waals surface area contributed by atoms with E-state index >= 15 is 0 Å². The van der Waals surface area contributed by atoms with Gasteiger partial charge in [0.05, 0.1) is 41.2 Å². The summed E-state index contributed by atoms with van der Waals surface area (Å²) in [4.78, 5) is 40.7. The van der Waals surface area contributed by atoms with Gasteiger partial charge in [0.25, 0.3) is 0 Å². The number of hydrogen-bond acceptors (Lipinski definition) is 9. The first-order chi connectivity index (χ1) is 16.1. The van der Waals surface area contributed by atoms with Crippen molar-refractivity contribution in [3.05, 3.63) is 37.8 Å². The molecule has 0 radical (unpaired) electrons. The molecule has 0 N–H and O–H groups in total. The number of carbonyl (C=O) groups excluding carboxylic acids is 3. The van der Waals surface area contributed by atoms with Gasteiger partial charge < -0.3 is 19.1 Å². The molecule has 2 aliphatic rings. The highest BCUT2D eigenvalue weighted by molar-refractivity contribution is 8.29. The summed E-state index contributed by atoms with van der Waals surface area (Å²) in [7, 11) is 2.52. The van der Waals surface area contributed by atoms with E-state index in [9.17, 15) is 14.4 Å². The van der Waals surface area contributed by atoms with Crippen LogP contribution in [-0.4, -0.2) is 49.1 Å². The number of fused-ring (bicyclic) bond motifs is 1. The third-order valence-corrected chi connectivity index (χ3v) is 8.65. The third kappa shape index (κ3) is 4.63. The van der Waals surface area contributed by atoms with E-state index in [1.165, 1.54) is 14.2 Å². The van der Waals surface area contributed by atoms with E-state index in [0.717, 1.165) is 29.1 Å². The Morgan fingerprint density at radius 2 is 1.62 bits per heavy atom. The number of thioether (sulfide) groups is 2. The number of nitrogens with zero attached hydrogens (tertiary/aromatic N) is 1. The van der Waals surface area contributed by atoms with Gasteiger partial charge in [0.15, 0.2) is 0 Å². The maximum absolute atomic E-state index is 13.2. The Morgan fingerprint density at radius 3 is 2.12 bits per heavy atom. The van der Waals surface area contributed by atoms with Gasteiger partial charge in [-0.2, -0.15) is 0 Å². The Balaban J connectivity index is 2.25. The summed E-state index contributed by atoms with van der Waals surface area (Å²) in [5.74, 6) is -0.648. The second-order valence-electron chi connectivity index (χ2n) is 7.99. The fraction of sp³-hybridized carbons (Fsp3) is 0.417. The molecule has 3 rings (SSSR count). The Morgan fingerprint density at radius 1 is 1.03 bits per heavy atom. The Kier molecular flexibility index (Phi) is 8.15. The molecule has 0 aliphatic carbocycles. The lowest BCUT2D eigenvalue weighted by molar-refractivity contribution is -0.138. The highest BCUT2D eigenvalue weighted by Gasteiger charge is 2.46. The summed E-state index contributed by atoms with van der Waals surface area (Å²) in [5, 5.41) is 0. The van der Waals surface area contributed by atoms with Crippen LogP contribution in [0.2, 0.25) is 0 Å². The fourth-order valence-corrected chi connectivity index (χ4v) is 6.86. The van der Waals surface area contributed by atoms with Crippen LogP contribution in [0.25, 0.3) is 5.57 Å². The molecular weight excluding hydrogens is 494 g/mol. The zero-order valence-electron chi connectivity index (χ0n) is 20.0. The predicted octanol–water partition coefficient (Wildman–Crippen LogP) is 5.09. The van der Waals surface area contributed by atoms with Crippen molar-refractivity contribution in [1.29, 1.82) is 0 Å². The molecule has 182 valence electrons. The van der Waals surface area contributed by atoms with Gasteiger partial charge in [-0.15, -0.1) is 0 Å². The molecule has 34 heavy (non-hydrogen) atoms. The van der Waals surface area contributed by atoms with Gasteiger partial charge in [-0.25, -0.2) is 9.59 Å². The van der Waals surface area contributed by atoms with E-state index < -0.39 is 17.5 Å². The Hall–Kier alpha value is -2.30. The number of hydrogen-bond donors (Lipinski definition) is 0. The standard InChI is InChI=1S/C24H27NO6S3/c1-7-9-16(26)25-15-12-13(31-8-2)10-11-14(15)17(20(32)24(25,3)4)23-33-18(21(27)29-5)19(34-23)22(28)30-6/h10-12H,7-9H2,1-6H3. The minimum Gasteiger partial charge on any atom is -0.494 e. The van der Waals surface area contributed by atoms with Crippen molar-refractivity contribution in [2.45, 2.75) is 46.1 Å². The molecule has 0 saturated carbocycles. The van der Waals surface area contributed by atoms with E-state index in [4.69, 9.17) is 26.4 Å². The van der Waals surface area contributed by atoms with Gasteiger partial charge in [0, 0.05) is 23.6 Å². The molecule has 0 saturated heterocycles. The monoisotopic (exact) mass is 521 g/mol. The molecule has 0 unspecified atom stereocenters. The van der Waals surface area contributed by atoms with E-state index in [-0.39, 0.29) is 15.7 Å². The maximum atomic E-state index is 13.2. The SMILES string of the molecule is CCCC(=O)N1c2cc(OCC)ccc2C(=C2SC(C(=O)OC)=C(C(=O)OC)S2)C(=S)C1(C)C. The first-order valence-electron chi connectivity index (χ1n) is 10.8. The van der Waals surface area contributed by atoms with Crippen LogP contribution in [0.3, 0.4) is 0 Å². The van der Waals surface area contributed by atoms with Crippen LogP contribution in [0, 0.1) is 0 Å². The van der Waals surface area contributed by atoms with Crippen molar-refractivity contribution in [3.8, 4) is 5.75 Å². The van der Waals surface area contributed by atoms with Crippen LogP contribution in [0.1, 0.15) is 46.1 Å². The van der Waals surface area contributed by atoms with E-state index in [2.05, 4.69) is 0 Å². The molecule has 1 amide bonds. The summed E-state index contributed by atoms with van der Waals surface area (Å²) < 4.78 is 16.1. The van der Waals surface area contributed by atoms with Gasteiger partial charge in [0.2, 0.25) is 5.91 Å². The molecule has 1 aromatic carbocycles. The lowest BCUT2D eigenvalue weighted by Crippen LogP contribution is -2.55. The molecule has 0 aromatic heterocycles. The number of benzene rings is 1. The second kappa shape index (κ2) is 10.5. The zero-order valence-corrected chi connectivity index (χ0v) is 22.4. The van der Waals surface area contributed by atoms with Crippen LogP contribution >= 0.6 is 35.7 Å². The average molecular weight is 522 g/mol. The van der Waals surface area contributed by atoms with Crippen LogP contribution < -0.4 is 9.64 Å². The van der Waals surface area contributed by atoms with Crippen molar-refractivity contribution in [3.63, 3.8) is 0 Å². The van der Waals surface area contributed by atoms with Gasteiger partial charge >= 0.3 is 11.9 Å². The third-order valence-electron chi connectivity index (χ3n) is 5.39. The summed E-state index contributed by atoms with van der Waals surface area (Å²) in [5.41, 5.74) is 1.29. The normalized spacial score (nSPS) is 17.0. The van der Waals surface area contributed by atoms with Crippen LogP contribution in [0.5, 0.6) is 5.75 Å². The molecule has 2 aliphatic heterocycles. The zero-order chi connectivity index (χ0) is 25.2. The molecule has 0 bridgehead atoms. The first kappa shape index (κ1) is 26.3. The number of carbonyl (C=O) groups is 3. The summed E-state index contributed by atoms with van der Waals surface area (Å²) >= 11 is 8.20.